The highest BCUT2D eigenvalue weighted by Crippen LogP contribution is 2.28. The molecule has 6 nitrogen and oxygen atoms in total. The zero-order valence-corrected chi connectivity index (χ0v) is 17.2. The Morgan fingerprint density at radius 2 is 2.30 bits per heavy atom. The van der Waals surface area contributed by atoms with E-state index in [1.165, 1.54) is 0 Å². The van der Waals surface area contributed by atoms with Crippen molar-refractivity contribution in [1.82, 2.24) is 9.88 Å². The van der Waals surface area contributed by atoms with Crippen molar-refractivity contribution in [3.63, 3.8) is 0 Å². The highest BCUT2D eigenvalue weighted by molar-refractivity contribution is 9.10. The number of ether oxygens (including phenoxy) is 1. The molecule has 1 aliphatic heterocycles. The first kappa shape index (κ1) is 19.6. The van der Waals surface area contributed by atoms with Gasteiger partial charge in [-0.2, -0.15) is 5.26 Å². The van der Waals surface area contributed by atoms with Gasteiger partial charge in [0.2, 0.25) is 5.91 Å². The number of carbonyl (C=O) groups excluding carboxylic acids is 1. The second-order valence-corrected chi connectivity index (χ2v) is 7.75. The Morgan fingerprint density at radius 1 is 1.48 bits per heavy atom. The summed E-state index contributed by atoms with van der Waals surface area (Å²) in [5.74, 6) is 0.842. The van der Waals surface area contributed by atoms with Gasteiger partial charge >= 0.3 is 0 Å². The number of hydrogen-bond acceptors (Lipinski definition) is 5. The van der Waals surface area contributed by atoms with Crippen LogP contribution >= 0.6 is 15.9 Å². The number of amides is 1. The molecule has 0 aliphatic carbocycles. The lowest BCUT2D eigenvalue weighted by Crippen LogP contribution is -2.44. The summed E-state index contributed by atoms with van der Waals surface area (Å²) in [4.78, 5) is 21.3. The smallest absolute Gasteiger partial charge is 0.227 e. The molecule has 1 atom stereocenters. The molecule has 2 heterocycles. The van der Waals surface area contributed by atoms with Crippen molar-refractivity contribution in [1.29, 1.82) is 5.26 Å². The summed E-state index contributed by atoms with van der Waals surface area (Å²) in [6.07, 6.45) is 1.80. The Kier molecular flexibility index (Phi) is 6.30. The number of likely N-dealkylation sites (N-methyl/N-ethyl adjacent to an activating group) is 1. The average molecular weight is 431 g/mol. The summed E-state index contributed by atoms with van der Waals surface area (Å²) >= 11 is 3.45. The maximum absolute atomic E-state index is 12.7. The number of anilines is 1. The summed E-state index contributed by atoms with van der Waals surface area (Å²) in [5.41, 5.74) is 1.39. The van der Waals surface area contributed by atoms with Crippen LogP contribution in [0.25, 0.3) is 10.9 Å². The van der Waals surface area contributed by atoms with Gasteiger partial charge in [0.25, 0.3) is 0 Å². The maximum atomic E-state index is 12.7. The fourth-order valence-corrected chi connectivity index (χ4v) is 3.84. The molecule has 27 heavy (non-hydrogen) atoms. The Morgan fingerprint density at radius 3 is 3.04 bits per heavy atom. The number of methoxy groups -OCH3 is 1. The molecule has 1 aromatic heterocycles. The molecule has 1 aliphatic rings. The number of carbonyl (C=O) groups is 1. The van der Waals surface area contributed by atoms with E-state index >= 15 is 0 Å². The number of rotatable bonds is 5. The van der Waals surface area contributed by atoms with Gasteiger partial charge in [0, 0.05) is 43.7 Å². The molecule has 0 N–H and O–H groups in total. The Bertz CT molecular complexity index is 880. The lowest BCUT2D eigenvalue weighted by atomic mass is 9.96. The number of piperidine rings is 1. The minimum absolute atomic E-state index is 0.0615. The highest BCUT2D eigenvalue weighted by atomic mass is 79.9. The SMILES string of the molecule is COCCN(C)C(=O)[C@H]1CCCN(c2cc(C#N)c3cc(Br)ccc3n2)C1. The summed E-state index contributed by atoms with van der Waals surface area (Å²) in [7, 11) is 3.46. The number of fused-ring (bicyclic) bond motifs is 1. The molecule has 0 bridgehead atoms. The summed E-state index contributed by atoms with van der Waals surface area (Å²) < 4.78 is 5.99. The second kappa shape index (κ2) is 8.68. The van der Waals surface area contributed by atoms with Crippen molar-refractivity contribution >= 4 is 38.6 Å². The Balaban J connectivity index is 1.83. The number of nitrogens with zero attached hydrogens (tertiary/aromatic N) is 4. The van der Waals surface area contributed by atoms with Crippen LogP contribution in [-0.2, 0) is 9.53 Å². The van der Waals surface area contributed by atoms with E-state index in [-0.39, 0.29) is 11.8 Å². The third-order valence-electron chi connectivity index (χ3n) is 4.98. The van der Waals surface area contributed by atoms with Crippen LogP contribution in [0.1, 0.15) is 18.4 Å². The van der Waals surface area contributed by atoms with E-state index in [0.717, 1.165) is 40.6 Å². The van der Waals surface area contributed by atoms with Crippen LogP contribution in [0.5, 0.6) is 0 Å². The first-order valence-electron chi connectivity index (χ1n) is 9.02. The molecule has 1 fully saturated rings. The van der Waals surface area contributed by atoms with E-state index in [4.69, 9.17) is 9.72 Å². The Labute approximate surface area is 167 Å². The zero-order valence-electron chi connectivity index (χ0n) is 15.6. The fraction of sp³-hybridized carbons (Fsp3) is 0.450. The molecule has 0 unspecified atom stereocenters. The van der Waals surface area contributed by atoms with Crippen molar-refractivity contribution in [2.45, 2.75) is 12.8 Å². The number of halogens is 1. The van der Waals surface area contributed by atoms with Crippen LogP contribution in [0, 0.1) is 17.2 Å². The van der Waals surface area contributed by atoms with Crippen LogP contribution in [0.2, 0.25) is 0 Å². The van der Waals surface area contributed by atoms with Gasteiger partial charge < -0.3 is 14.5 Å². The minimum atomic E-state index is -0.0615. The predicted molar refractivity (Wildman–Crippen MR) is 109 cm³/mol. The predicted octanol–water partition coefficient (Wildman–Crippen LogP) is 3.19. The molecular formula is C20H23BrN4O2. The average Bonchev–Trinajstić information content (AvgIpc) is 2.70. The number of aromatic nitrogens is 1. The lowest BCUT2D eigenvalue weighted by molar-refractivity contribution is -0.135. The van der Waals surface area contributed by atoms with Gasteiger partial charge in [-0.3, -0.25) is 4.79 Å². The standard InChI is InChI=1S/C20H23BrN4O2/c1-24(8-9-27-2)20(26)14-4-3-7-25(13-14)19-10-15(12-22)17-11-16(21)5-6-18(17)23-19/h5-6,10-11,14H,3-4,7-9,13H2,1-2H3/t14-/m0/s1. The van der Waals surface area contributed by atoms with Crippen LogP contribution in [0.15, 0.2) is 28.7 Å². The summed E-state index contributed by atoms with van der Waals surface area (Å²) in [5, 5.41) is 10.4. The van der Waals surface area contributed by atoms with E-state index in [9.17, 15) is 10.1 Å². The zero-order chi connectivity index (χ0) is 19.4. The van der Waals surface area contributed by atoms with Gasteiger partial charge in [-0.1, -0.05) is 15.9 Å². The van der Waals surface area contributed by atoms with Crippen molar-refractivity contribution in [3.05, 3.63) is 34.3 Å². The van der Waals surface area contributed by atoms with Crippen molar-refractivity contribution < 1.29 is 9.53 Å². The van der Waals surface area contributed by atoms with Gasteiger partial charge in [0.05, 0.1) is 29.7 Å². The van der Waals surface area contributed by atoms with Gasteiger partial charge in [0.15, 0.2) is 0 Å². The molecule has 142 valence electrons. The van der Waals surface area contributed by atoms with E-state index in [1.807, 2.05) is 31.3 Å². The number of hydrogen-bond donors (Lipinski definition) is 0. The summed E-state index contributed by atoms with van der Waals surface area (Å²) in [6.45, 7) is 2.58. The van der Waals surface area contributed by atoms with Crippen LogP contribution < -0.4 is 4.90 Å². The van der Waals surface area contributed by atoms with E-state index in [1.54, 1.807) is 12.0 Å². The van der Waals surface area contributed by atoms with Gasteiger partial charge in [0.1, 0.15) is 5.82 Å². The van der Waals surface area contributed by atoms with Crippen LogP contribution in [0.3, 0.4) is 0 Å². The maximum Gasteiger partial charge on any atom is 0.227 e. The van der Waals surface area contributed by atoms with Crippen LogP contribution in [-0.4, -0.2) is 56.2 Å². The third kappa shape index (κ3) is 4.40. The molecular weight excluding hydrogens is 408 g/mol. The lowest BCUT2D eigenvalue weighted by Gasteiger charge is -2.34. The number of pyridine rings is 1. The molecule has 1 amide bonds. The van der Waals surface area contributed by atoms with Crippen molar-refractivity contribution in [3.8, 4) is 6.07 Å². The monoisotopic (exact) mass is 430 g/mol. The minimum Gasteiger partial charge on any atom is -0.383 e. The number of benzene rings is 1. The molecule has 0 radical (unpaired) electrons. The Hall–Kier alpha value is -2.17. The number of nitriles is 1. The first-order valence-corrected chi connectivity index (χ1v) is 9.82. The van der Waals surface area contributed by atoms with E-state index < -0.39 is 0 Å². The van der Waals surface area contributed by atoms with Crippen molar-refractivity contribution in [2.75, 3.05) is 45.3 Å². The van der Waals surface area contributed by atoms with E-state index in [2.05, 4.69) is 26.9 Å². The molecule has 1 saturated heterocycles. The van der Waals surface area contributed by atoms with E-state index in [0.29, 0.717) is 25.3 Å². The topological polar surface area (TPSA) is 69.5 Å². The molecule has 2 aromatic rings. The highest BCUT2D eigenvalue weighted by Gasteiger charge is 2.29. The fourth-order valence-electron chi connectivity index (χ4n) is 3.48. The van der Waals surface area contributed by atoms with Gasteiger partial charge in [-0.05, 0) is 37.1 Å². The summed E-state index contributed by atoms with van der Waals surface area (Å²) in [6, 6.07) is 9.86. The van der Waals surface area contributed by atoms with Gasteiger partial charge in [-0.15, -0.1) is 0 Å². The second-order valence-electron chi connectivity index (χ2n) is 6.84. The van der Waals surface area contributed by atoms with Crippen molar-refractivity contribution in [2.24, 2.45) is 5.92 Å². The molecule has 7 heteroatoms. The molecule has 0 spiro atoms. The quantitative estimate of drug-likeness (QED) is 0.728. The first-order chi connectivity index (χ1) is 13.0. The normalized spacial score (nSPS) is 17.0. The molecule has 1 aromatic carbocycles. The largest absolute Gasteiger partial charge is 0.383 e. The van der Waals surface area contributed by atoms with Crippen LogP contribution in [0.4, 0.5) is 5.82 Å². The molecule has 0 saturated carbocycles. The third-order valence-corrected chi connectivity index (χ3v) is 5.47. The van der Waals surface area contributed by atoms with Gasteiger partial charge in [-0.25, -0.2) is 4.98 Å². The molecule has 3 rings (SSSR count).